The normalized spacial score (nSPS) is 10.4. The van der Waals surface area contributed by atoms with Crippen LogP contribution in [-0.2, 0) is 6.42 Å². The highest BCUT2D eigenvalue weighted by Crippen LogP contribution is 2.39. The van der Waals surface area contributed by atoms with Crippen molar-refractivity contribution in [3.8, 4) is 17.2 Å². The molecule has 0 aliphatic rings. The van der Waals surface area contributed by atoms with Gasteiger partial charge in [-0.2, -0.15) is 0 Å². The first-order chi connectivity index (χ1) is 9.02. The minimum atomic E-state index is -1.31. The second kappa shape index (κ2) is 6.87. The number of phenolic OH excluding ortho intramolecular Hbond substituents is 1. The molecule has 1 aromatic rings. The number of aryl methyl sites for hydroxylation is 1. The van der Waals surface area contributed by atoms with Crippen LogP contribution in [0.1, 0.15) is 49.0 Å². The van der Waals surface area contributed by atoms with Crippen LogP contribution in [0.25, 0.3) is 0 Å². The fourth-order valence-electron chi connectivity index (χ4n) is 1.85. The number of aromatic carboxylic acids is 1. The number of benzene rings is 1. The summed E-state index contributed by atoms with van der Waals surface area (Å²) in [5.74, 6) is -2.24. The number of carboxylic acid groups (broad SMARTS) is 1. The Morgan fingerprint density at radius 2 is 1.95 bits per heavy atom. The van der Waals surface area contributed by atoms with E-state index in [1.165, 1.54) is 6.07 Å². The SMILES string of the molecule is CCCCCOc1c(CC)cc(O)c(O)c1C(=O)O. The quantitative estimate of drug-likeness (QED) is 0.523. The molecule has 0 unspecified atom stereocenters. The van der Waals surface area contributed by atoms with Gasteiger partial charge < -0.3 is 20.1 Å². The summed E-state index contributed by atoms with van der Waals surface area (Å²) in [5.41, 5.74) is 0.206. The predicted octanol–water partition coefficient (Wildman–Crippen LogP) is 2.93. The Morgan fingerprint density at radius 3 is 2.47 bits per heavy atom. The number of aromatic hydroxyl groups is 2. The molecule has 0 aromatic heterocycles. The van der Waals surface area contributed by atoms with Gasteiger partial charge in [-0.15, -0.1) is 0 Å². The first kappa shape index (κ1) is 15.1. The van der Waals surface area contributed by atoms with E-state index in [1.54, 1.807) is 0 Å². The van der Waals surface area contributed by atoms with E-state index >= 15 is 0 Å². The zero-order valence-electron chi connectivity index (χ0n) is 11.3. The Balaban J connectivity index is 3.10. The molecule has 19 heavy (non-hydrogen) atoms. The molecule has 0 bridgehead atoms. The summed E-state index contributed by atoms with van der Waals surface area (Å²) >= 11 is 0. The first-order valence-corrected chi connectivity index (χ1v) is 6.46. The van der Waals surface area contributed by atoms with Crippen LogP contribution in [-0.4, -0.2) is 27.9 Å². The van der Waals surface area contributed by atoms with Gasteiger partial charge in [-0.05, 0) is 24.5 Å². The van der Waals surface area contributed by atoms with Crippen molar-refractivity contribution in [2.24, 2.45) is 0 Å². The second-order valence-corrected chi connectivity index (χ2v) is 4.32. The van der Waals surface area contributed by atoms with Crippen LogP contribution in [0.15, 0.2) is 6.07 Å². The highest BCUT2D eigenvalue weighted by Gasteiger charge is 2.23. The maximum absolute atomic E-state index is 11.2. The summed E-state index contributed by atoms with van der Waals surface area (Å²) < 4.78 is 5.51. The lowest BCUT2D eigenvalue weighted by Crippen LogP contribution is -2.07. The fraction of sp³-hybridized carbons (Fsp3) is 0.500. The van der Waals surface area contributed by atoms with Crippen molar-refractivity contribution < 1.29 is 24.9 Å². The van der Waals surface area contributed by atoms with Gasteiger partial charge in [-0.25, -0.2) is 4.79 Å². The Bertz CT molecular complexity index is 454. The number of ether oxygens (including phenoxy) is 1. The molecule has 0 aliphatic carbocycles. The molecule has 0 atom stereocenters. The smallest absolute Gasteiger partial charge is 0.343 e. The van der Waals surface area contributed by atoms with E-state index in [1.807, 2.05) is 6.92 Å². The lowest BCUT2D eigenvalue weighted by molar-refractivity contribution is 0.0687. The van der Waals surface area contributed by atoms with Crippen LogP contribution in [0.4, 0.5) is 0 Å². The van der Waals surface area contributed by atoms with Gasteiger partial charge in [-0.3, -0.25) is 0 Å². The Morgan fingerprint density at radius 1 is 1.26 bits per heavy atom. The largest absolute Gasteiger partial charge is 0.504 e. The number of phenols is 2. The summed E-state index contributed by atoms with van der Waals surface area (Å²) in [4.78, 5) is 11.2. The lowest BCUT2D eigenvalue weighted by atomic mass is 10.0. The highest BCUT2D eigenvalue weighted by molar-refractivity contribution is 5.95. The van der Waals surface area contributed by atoms with Gasteiger partial charge >= 0.3 is 5.97 Å². The van der Waals surface area contributed by atoms with Gasteiger partial charge in [0.1, 0.15) is 11.3 Å². The molecule has 3 N–H and O–H groups in total. The van der Waals surface area contributed by atoms with Crippen LogP contribution < -0.4 is 4.74 Å². The van der Waals surface area contributed by atoms with Crippen LogP contribution in [0.2, 0.25) is 0 Å². The van der Waals surface area contributed by atoms with E-state index in [0.29, 0.717) is 18.6 Å². The van der Waals surface area contributed by atoms with Crippen molar-refractivity contribution in [3.05, 3.63) is 17.2 Å². The Hall–Kier alpha value is -1.91. The van der Waals surface area contributed by atoms with E-state index in [9.17, 15) is 15.0 Å². The number of hydrogen-bond acceptors (Lipinski definition) is 4. The Kier molecular flexibility index (Phi) is 5.48. The number of rotatable bonds is 7. The van der Waals surface area contributed by atoms with Crippen molar-refractivity contribution in [3.63, 3.8) is 0 Å². The monoisotopic (exact) mass is 268 g/mol. The molecule has 0 fully saturated rings. The predicted molar refractivity (Wildman–Crippen MR) is 71.1 cm³/mol. The van der Waals surface area contributed by atoms with Gasteiger partial charge in [-0.1, -0.05) is 26.7 Å². The average Bonchev–Trinajstić information content (AvgIpc) is 2.37. The maximum atomic E-state index is 11.2. The van der Waals surface area contributed by atoms with Crippen molar-refractivity contribution in [1.82, 2.24) is 0 Å². The van der Waals surface area contributed by atoms with E-state index in [-0.39, 0.29) is 11.3 Å². The molecular formula is C14H20O5. The standard InChI is InChI=1S/C14H20O5/c1-3-5-6-7-19-13-9(4-2)8-10(15)12(16)11(13)14(17)18/h8,15-16H,3-7H2,1-2H3,(H,17,18). The molecule has 5 nitrogen and oxygen atoms in total. The molecule has 0 spiro atoms. The zero-order chi connectivity index (χ0) is 14.4. The second-order valence-electron chi connectivity index (χ2n) is 4.32. The first-order valence-electron chi connectivity index (χ1n) is 6.46. The average molecular weight is 268 g/mol. The van der Waals surface area contributed by atoms with Crippen LogP contribution in [0, 0.1) is 0 Å². The third kappa shape index (κ3) is 3.53. The minimum absolute atomic E-state index is 0.154. The van der Waals surface area contributed by atoms with Gasteiger partial charge in [0, 0.05) is 0 Å². The van der Waals surface area contributed by atoms with Gasteiger partial charge in [0.15, 0.2) is 11.5 Å². The summed E-state index contributed by atoms with van der Waals surface area (Å²) in [5, 5.41) is 28.3. The van der Waals surface area contributed by atoms with E-state index < -0.39 is 17.5 Å². The molecule has 0 aliphatic heterocycles. The third-order valence-electron chi connectivity index (χ3n) is 2.90. The number of carbonyl (C=O) groups is 1. The van der Waals surface area contributed by atoms with Gasteiger partial charge in [0.25, 0.3) is 0 Å². The van der Waals surface area contributed by atoms with Crippen LogP contribution >= 0.6 is 0 Å². The van der Waals surface area contributed by atoms with Crippen molar-refractivity contribution >= 4 is 5.97 Å². The van der Waals surface area contributed by atoms with Crippen LogP contribution in [0.3, 0.4) is 0 Å². The topological polar surface area (TPSA) is 87.0 Å². The van der Waals surface area contributed by atoms with Gasteiger partial charge in [0.05, 0.1) is 6.61 Å². The van der Waals surface area contributed by atoms with Crippen LogP contribution in [0.5, 0.6) is 17.2 Å². The molecule has 5 heteroatoms. The maximum Gasteiger partial charge on any atom is 0.343 e. The molecule has 1 rings (SSSR count). The molecular weight excluding hydrogens is 248 g/mol. The number of carboxylic acids is 1. The molecule has 1 aromatic carbocycles. The summed E-state index contributed by atoms with van der Waals surface area (Å²) in [6, 6.07) is 1.34. The minimum Gasteiger partial charge on any atom is -0.504 e. The highest BCUT2D eigenvalue weighted by atomic mass is 16.5. The molecule has 0 amide bonds. The lowest BCUT2D eigenvalue weighted by Gasteiger charge is -2.15. The molecule has 106 valence electrons. The molecule has 0 radical (unpaired) electrons. The van der Waals surface area contributed by atoms with Crippen molar-refractivity contribution in [2.75, 3.05) is 6.61 Å². The molecule has 0 heterocycles. The number of hydrogen-bond donors (Lipinski definition) is 3. The summed E-state index contributed by atoms with van der Waals surface area (Å²) in [7, 11) is 0. The van der Waals surface area contributed by atoms with E-state index in [4.69, 9.17) is 9.84 Å². The Labute approximate surface area is 112 Å². The van der Waals surface area contributed by atoms with E-state index in [0.717, 1.165) is 19.3 Å². The van der Waals surface area contributed by atoms with E-state index in [2.05, 4.69) is 6.92 Å². The van der Waals surface area contributed by atoms with Gasteiger partial charge in [0.2, 0.25) is 0 Å². The number of unbranched alkanes of at least 4 members (excludes halogenated alkanes) is 2. The fourth-order valence-corrected chi connectivity index (χ4v) is 1.85. The molecule has 0 saturated heterocycles. The summed E-state index contributed by atoms with van der Waals surface area (Å²) in [6.45, 7) is 4.29. The zero-order valence-corrected chi connectivity index (χ0v) is 11.3. The summed E-state index contributed by atoms with van der Waals surface area (Å²) in [6.07, 6.45) is 3.36. The van der Waals surface area contributed by atoms with Crippen molar-refractivity contribution in [2.45, 2.75) is 39.5 Å². The molecule has 0 saturated carbocycles. The third-order valence-corrected chi connectivity index (χ3v) is 2.90. The van der Waals surface area contributed by atoms with Crippen molar-refractivity contribution in [1.29, 1.82) is 0 Å².